The fourth-order valence-corrected chi connectivity index (χ4v) is 2.37. The molecule has 18 heavy (non-hydrogen) atoms. The van der Waals surface area contributed by atoms with Crippen LogP contribution in [0.3, 0.4) is 0 Å². The molecule has 0 atom stereocenters. The first-order valence-corrected chi connectivity index (χ1v) is 6.21. The van der Waals surface area contributed by atoms with E-state index >= 15 is 0 Å². The van der Waals surface area contributed by atoms with Gasteiger partial charge < -0.3 is 9.15 Å². The van der Waals surface area contributed by atoms with Crippen LogP contribution in [0.1, 0.15) is 31.4 Å². The van der Waals surface area contributed by atoms with Crippen LogP contribution in [0.2, 0.25) is 0 Å². The normalized spacial score (nSPS) is 17.3. The lowest BCUT2D eigenvalue weighted by molar-refractivity contribution is 0.0848. The van der Waals surface area contributed by atoms with Gasteiger partial charge in [-0.1, -0.05) is 0 Å². The van der Waals surface area contributed by atoms with Crippen molar-refractivity contribution in [2.24, 2.45) is 0 Å². The predicted octanol–water partition coefficient (Wildman–Crippen LogP) is 3.21. The van der Waals surface area contributed by atoms with E-state index < -0.39 is 0 Å². The van der Waals surface area contributed by atoms with Crippen molar-refractivity contribution >= 4 is 11.0 Å². The number of hydrogen-bond acceptors (Lipinski definition) is 3. The minimum atomic E-state index is -0.280. The molecule has 3 nitrogen and oxygen atoms in total. The summed E-state index contributed by atoms with van der Waals surface area (Å²) in [6.07, 6.45) is 2.00. The Labute approximate surface area is 105 Å². The third kappa shape index (κ3) is 1.80. The standard InChI is InChI=1S/C15H16O3/c1-9-6-11-7-10-4-5-15(2,3)18-13(10)8-12(11)17-14(9)16/h6-8H,4-5H2,1-3H3. The largest absolute Gasteiger partial charge is 0.487 e. The SMILES string of the molecule is Cc1cc2cc3c(cc2oc1=O)OC(C)(C)CC3. The Morgan fingerprint density at radius 2 is 2.00 bits per heavy atom. The Hall–Kier alpha value is -1.77. The molecule has 2 aromatic rings. The first kappa shape index (κ1) is 11.3. The van der Waals surface area contributed by atoms with Crippen LogP contribution in [0, 0.1) is 6.92 Å². The molecule has 0 unspecified atom stereocenters. The monoisotopic (exact) mass is 244 g/mol. The minimum Gasteiger partial charge on any atom is -0.487 e. The zero-order chi connectivity index (χ0) is 12.9. The van der Waals surface area contributed by atoms with Crippen LogP contribution < -0.4 is 10.4 Å². The Bertz CT molecular complexity index is 680. The van der Waals surface area contributed by atoms with Crippen LogP contribution >= 0.6 is 0 Å². The average molecular weight is 244 g/mol. The van der Waals surface area contributed by atoms with E-state index in [4.69, 9.17) is 9.15 Å². The minimum absolute atomic E-state index is 0.147. The predicted molar refractivity (Wildman–Crippen MR) is 70.2 cm³/mol. The molecule has 0 saturated heterocycles. The summed E-state index contributed by atoms with van der Waals surface area (Å²) in [5.41, 5.74) is 2.00. The third-order valence-electron chi connectivity index (χ3n) is 3.47. The van der Waals surface area contributed by atoms with Gasteiger partial charge in [-0.05, 0) is 51.3 Å². The lowest BCUT2D eigenvalue weighted by atomic mass is 9.93. The van der Waals surface area contributed by atoms with Gasteiger partial charge in [0, 0.05) is 17.0 Å². The van der Waals surface area contributed by atoms with E-state index in [-0.39, 0.29) is 11.2 Å². The topological polar surface area (TPSA) is 39.4 Å². The van der Waals surface area contributed by atoms with Gasteiger partial charge in [0.15, 0.2) is 0 Å². The van der Waals surface area contributed by atoms with Gasteiger partial charge in [-0.25, -0.2) is 4.79 Å². The molecule has 1 aromatic carbocycles. The summed E-state index contributed by atoms with van der Waals surface area (Å²) in [4.78, 5) is 11.5. The van der Waals surface area contributed by atoms with E-state index in [2.05, 4.69) is 19.9 Å². The summed E-state index contributed by atoms with van der Waals surface area (Å²) < 4.78 is 11.2. The third-order valence-corrected chi connectivity index (χ3v) is 3.47. The van der Waals surface area contributed by atoms with Crippen LogP contribution in [0.4, 0.5) is 0 Å². The molecule has 0 fully saturated rings. The molecule has 0 aliphatic carbocycles. The lowest BCUT2D eigenvalue weighted by Gasteiger charge is -2.32. The Balaban J connectivity index is 2.22. The van der Waals surface area contributed by atoms with Crippen molar-refractivity contribution < 1.29 is 9.15 Å². The van der Waals surface area contributed by atoms with Crippen LogP contribution in [-0.4, -0.2) is 5.60 Å². The highest BCUT2D eigenvalue weighted by atomic mass is 16.5. The summed E-state index contributed by atoms with van der Waals surface area (Å²) in [6, 6.07) is 5.78. The van der Waals surface area contributed by atoms with Gasteiger partial charge in [0.1, 0.15) is 16.9 Å². The molecule has 1 aliphatic heterocycles. The van der Waals surface area contributed by atoms with Gasteiger partial charge in [-0.15, -0.1) is 0 Å². The molecule has 0 bridgehead atoms. The number of ether oxygens (including phenoxy) is 1. The zero-order valence-electron chi connectivity index (χ0n) is 10.9. The number of benzene rings is 1. The maximum absolute atomic E-state index is 11.5. The van der Waals surface area contributed by atoms with Crippen molar-refractivity contribution in [3.8, 4) is 5.75 Å². The first-order valence-electron chi connectivity index (χ1n) is 6.21. The summed E-state index contributed by atoms with van der Waals surface area (Å²) in [6.45, 7) is 5.92. The van der Waals surface area contributed by atoms with E-state index in [0.29, 0.717) is 11.1 Å². The average Bonchev–Trinajstić information content (AvgIpc) is 2.28. The molecule has 1 aliphatic rings. The van der Waals surface area contributed by atoms with Gasteiger partial charge in [0.2, 0.25) is 0 Å². The lowest BCUT2D eigenvalue weighted by Crippen LogP contribution is -2.32. The molecule has 1 aromatic heterocycles. The second kappa shape index (κ2) is 3.61. The van der Waals surface area contributed by atoms with E-state index in [1.54, 1.807) is 6.92 Å². The number of fused-ring (bicyclic) bond motifs is 2. The van der Waals surface area contributed by atoms with Gasteiger partial charge in [-0.3, -0.25) is 0 Å². The second-order valence-electron chi connectivity index (χ2n) is 5.58. The fraction of sp³-hybridized carbons (Fsp3) is 0.400. The van der Waals surface area contributed by atoms with Gasteiger partial charge in [0.05, 0.1) is 0 Å². The summed E-state index contributed by atoms with van der Waals surface area (Å²) in [5.74, 6) is 0.839. The van der Waals surface area contributed by atoms with Crippen LogP contribution in [0.25, 0.3) is 11.0 Å². The van der Waals surface area contributed by atoms with E-state index in [0.717, 1.165) is 24.0 Å². The van der Waals surface area contributed by atoms with E-state index in [1.165, 1.54) is 5.56 Å². The number of hydrogen-bond donors (Lipinski definition) is 0. The van der Waals surface area contributed by atoms with Crippen LogP contribution in [-0.2, 0) is 6.42 Å². The molecule has 0 spiro atoms. The molecule has 0 saturated carbocycles. The number of aryl methyl sites for hydroxylation is 2. The fourth-order valence-electron chi connectivity index (χ4n) is 2.37. The molecule has 0 amide bonds. The molecular formula is C15H16O3. The Morgan fingerprint density at radius 1 is 1.22 bits per heavy atom. The van der Waals surface area contributed by atoms with Crippen molar-refractivity contribution in [1.82, 2.24) is 0 Å². The quantitative estimate of drug-likeness (QED) is 0.668. The highest BCUT2D eigenvalue weighted by Gasteiger charge is 2.27. The maximum atomic E-state index is 11.5. The highest BCUT2D eigenvalue weighted by molar-refractivity contribution is 5.80. The second-order valence-corrected chi connectivity index (χ2v) is 5.58. The molecule has 2 heterocycles. The van der Waals surface area contributed by atoms with Crippen molar-refractivity contribution in [3.63, 3.8) is 0 Å². The molecule has 3 rings (SSSR count). The molecule has 94 valence electrons. The highest BCUT2D eigenvalue weighted by Crippen LogP contribution is 2.35. The Morgan fingerprint density at radius 3 is 2.78 bits per heavy atom. The summed E-state index contributed by atoms with van der Waals surface area (Å²) >= 11 is 0. The van der Waals surface area contributed by atoms with Crippen molar-refractivity contribution in [2.75, 3.05) is 0 Å². The van der Waals surface area contributed by atoms with Crippen molar-refractivity contribution in [2.45, 2.75) is 39.2 Å². The summed E-state index contributed by atoms with van der Waals surface area (Å²) in [7, 11) is 0. The Kier molecular flexibility index (Phi) is 2.27. The maximum Gasteiger partial charge on any atom is 0.339 e. The first-order chi connectivity index (χ1) is 8.44. The van der Waals surface area contributed by atoms with Crippen molar-refractivity contribution in [1.29, 1.82) is 0 Å². The van der Waals surface area contributed by atoms with Gasteiger partial charge in [0.25, 0.3) is 0 Å². The molecular weight excluding hydrogens is 228 g/mol. The smallest absolute Gasteiger partial charge is 0.339 e. The van der Waals surface area contributed by atoms with E-state index in [9.17, 15) is 4.79 Å². The van der Waals surface area contributed by atoms with Crippen LogP contribution in [0.5, 0.6) is 5.75 Å². The van der Waals surface area contributed by atoms with Crippen LogP contribution in [0.15, 0.2) is 27.4 Å². The molecule has 0 radical (unpaired) electrons. The zero-order valence-corrected chi connectivity index (χ0v) is 10.9. The molecule has 3 heteroatoms. The van der Waals surface area contributed by atoms with E-state index in [1.807, 2.05) is 12.1 Å². The van der Waals surface area contributed by atoms with Gasteiger partial charge in [-0.2, -0.15) is 0 Å². The molecule has 0 N–H and O–H groups in total. The van der Waals surface area contributed by atoms with Gasteiger partial charge >= 0.3 is 5.63 Å². The number of rotatable bonds is 0. The summed E-state index contributed by atoms with van der Waals surface area (Å²) in [5, 5.41) is 0.967. The van der Waals surface area contributed by atoms with Crippen molar-refractivity contribution in [3.05, 3.63) is 39.7 Å².